The first kappa shape index (κ1) is 17.6. The summed E-state index contributed by atoms with van der Waals surface area (Å²) in [4.78, 5) is 12.9. The molecule has 19 heavy (non-hydrogen) atoms. The summed E-state index contributed by atoms with van der Waals surface area (Å²) < 4.78 is 30.0. The molecule has 0 aromatic heterocycles. The van der Waals surface area contributed by atoms with E-state index in [4.69, 9.17) is 4.74 Å². The maximum atomic E-state index is 12.6. The van der Waals surface area contributed by atoms with Gasteiger partial charge in [0.25, 0.3) is 0 Å². The van der Waals surface area contributed by atoms with Crippen LogP contribution in [0.25, 0.3) is 0 Å². The molecule has 0 aliphatic heterocycles. The van der Waals surface area contributed by atoms with Crippen LogP contribution in [0.2, 0.25) is 0 Å². The van der Waals surface area contributed by atoms with Gasteiger partial charge in [-0.2, -0.15) is 8.78 Å². The second-order valence-corrected chi connectivity index (χ2v) is 4.06. The topological polar surface area (TPSA) is 29.5 Å². The van der Waals surface area contributed by atoms with Gasteiger partial charge in [-0.15, -0.1) is 0 Å². The lowest BCUT2D eigenvalue weighted by atomic mass is 10.2. The molecule has 0 unspecified atom stereocenters. The largest absolute Gasteiger partial charge is 0.415 e. The van der Waals surface area contributed by atoms with Crippen molar-refractivity contribution in [2.45, 2.75) is 46.5 Å². The molecule has 0 heterocycles. The monoisotopic (exact) mass is 275 g/mol. The zero-order chi connectivity index (χ0) is 14.7. The second-order valence-electron chi connectivity index (χ2n) is 4.06. The van der Waals surface area contributed by atoms with Crippen LogP contribution >= 0.6 is 0 Å². The Kier molecular flexibility index (Phi) is 9.75. The van der Waals surface area contributed by atoms with Crippen molar-refractivity contribution in [2.75, 3.05) is 13.1 Å². The molecule has 0 rings (SSSR count). The van der Waals surface area contributed by atoms with E-state index in [1.54, 1.807) is 19.9 Å². The fraction of sp³-hybridized carbons (Fsp3) is 0.643. The predicted molar refractivity (Wildman–Crippen MR) is 71.9 cm³/mol. The Morgan fingerprint density at radius 1 is 1.16 bits per heavy atom. The van der Waals surface area contributed by atoms with E-state index in [0.29, 0.717) is 19.5 Å². The molecule has 0 atom stereocenters. The Bertz CT molecular complexity index is 319. The molecule has 3 nitrogen and oxygen atoms in total. The molecule has 0 radical (unpaired) electrons. The SMILES string of the molecule is CCCCC/C=C/C(OC(=O)N(CC)CC)=C(F)F. The van der Waals surface area contributed by atoms with Crippen LogP contribution in [-0.4, -0.2) is 24.1 Å². The third-order valence-electron chi connectivity index (χ3n) is 2.65. The van der Waals surface area contributed by atoms with Crippen LogP contribution in [0.4, 0.5) is 13.6 Å². The van der Waals surface area contributed by atoms with Gasteiger partial charge in [-0.3, -0.25) is 0 Å². The first-order valence-electron chi connectivity index (χ1n) is 6.75. The van der Waals surface area contributed by atoms with E-state index in [9.17, 15) is 13.6 Å². The van der Waals surface area contributed by atoms with Gasteiger partial charge in [-0.25, -0.2) is 4.79 Å². The van der Waals surface area contributed by atoms with Gasteiger partial charge in [0.1, 0.15) is 0 Å². The zero-order valence-corrected chi connectivity index (χ0v) is 11.9. The molecule has 110 valence electrons. The molecule has 0 bridgehead atoms. The maximum absolute atomic E-state index is 12.6. The number of unbranched alkanes of at least 4 members (excludes halogenated alkanes) is 3. The Hall–Kier alpha value is -1.39. The summed E-state index contributed by atoms with van der Waals surface area (Å²) in [5.74, 6) is -0.659. The van der Waals surface area contributed by atoms with Crippen LogP contribution in [0.5, 0.6) is 0 Å². The Morgan fingerprint density at radius 3 is 2.26 bits per heavy atom. The molecular weight excluding hydrogens is 252 g/mol. The zero-order valence-electron chi connectivity index (χ0n) is 11.9. The minimum absolute atomic E-state index is 0.427. The van der Waals surface area contributed by atoms with Crippen LogP contribution in [0.15, 0.2) is 24.0 Å². The molecule has 0 N–H and O–H groups in total. The second kappa shape index (κ2) is 10.5. The molecule has 0 aliphatic rings. The number of carbonyl (C=O) groups excluding carboxylic acids is 1. The van der Waals surface area contributed by atoms with E-state index in [2.05, 4.69) is 6.92 Å². The number of amides is 1. The summed E-state index contributed by atoms with van der Waals surface area (Å²) in [7, 11) is 0. The summed E-state index contributed by atoms with van der Waals surface area (Å²) >= 11 is 0. The molecule has 1 amide bonds. The predicted octanol–water partition coefficient (Wildman–Crippen LogP) is 4.71. The average Bonchev–Trinajstić information content (AvgIpc) is 2.38. The molecule has 0 saturated heterocycles. The van der Waals surface area contributed by atoms with E-state index in [1.165, 1.54) is 11.0 Å². The van der Waals surface area contributed by atoms with Crippen LogP contribution in [0, 0.1) is 0 Å². The fourth-order valence-electron chi connectivity index (χ4n) is 1.48. The molecule has 0 fully saturated rings. The van der Waals surface area contributed by atoms with Crippen molar-refractivity contribution in [3.05, 3.63) is 24.0 Å². The number of hydrogen-bond donors (Lipinski definition) is 0. The number of carbonyl (C=O) groups is 1. The molecule has 5 heteroatoms. The summed E-state index contributed by atoms with van der Waals surface area (Å²) in [6, 6.07) is 0. The lowest BCUT2D eigenvalue weighted by Gasteiger charge is -2.17. The Morgan fingerprint density at radius 2 is 1.79 bits per heavy atom. The van der Waals surface area contributed by atoms with Crippen molar-refractivity contribution >= 4 is 6.09 Å². The van der Waals surface area contributed by atoms with Gasteiger partial charge in [0.05, 0.1) is 0 Å². The number of rotatable bonds is 8. The highest BCUT2D eigenvalue weighted by Gasteiger charge is 2.15. The molecule has 0 saturated carbocycles. The normalized spacial score (nSPS) is 10.6. The van der Waals surface area contributed by atoms with Gasteiger partial charge >= 0.3 is 12.2 Å². The van der Waals surface area contributed by atoms with Gasteiger partial charge in [0.2, 0.25) is 0 Å². The lowest BCUT2D eigenvalue weighted by molar-refractivity contribution is 0.130. The summed E-state index contributed by atoms with van der Waals surface area (Å²) in [6.45, 7) is 6.46. The van der Waals surface area contributed by atoms with E-state index < -0.39 is 17.9 Å². The van der Waals surface area contributed by atoms with E-state index >= 15 is 0 Å². The van der Waals surface area contributed by atoms with Gasteiger partial charge < -0.3 is 9.64 Å². The highest BCUT2D eigenvalue weighted by molar-refractivity contribution is 5.69. The highest BCUT2D eigenvalue weighted by Crippen LogP contribution is 2.14. The van der Waals surface area contributed by atoms with Gasteiger partial charge in [-0.05, 0) is 32.8 Å². The highest BCUT2D eigenvalue weighted by atomic mass is 19.3. The van der Waals surface area contributed by atoms with Crippen LogP contribution in [-0.2, 0) is 4.74 Å². The fourth-order valence-corrected chi connectivity index (χ4v) is 1.48. The number of allylic oxidation sites excluding steroid dienone is 2. The molecular formula is C14H23F2NO2. The van der Waals surface area contributed by atoms with Gasteiger partial charge in [0.15, 0.2) is 5.76 Å². The van der Waals surface area contributed by atoms with Crippen molar-refractivity contribution in [2.24, 2.45) is 0 Å². The van der Waals surface area contributed by atoms with Crippen LogP contribution in [0.1, 0.15) is 46.5 Å². The Balaban J connectivity index is 4.44. The van der Waals surface area contributed by atoms with Crippen molar-refractivity contribution in [3.8, 4) is 0 Å². The first-order valence-corrected chi connectivity index (χ1v) is 6.75. The third kappa shape index (κ3) is 7.59. The molecule has 0 aromatic carbocycles. The quantitative estimate of drug-likeness (QED) is 0.365. The first-order chi connectivity index (χ1) is 9.06. The Labute approximate surface area is 113 Å². The van der Waals surface area contributed by atoms with Crippen molar-refractivity contribution in [1.82, 2.24) is 4.90 Å². The summed E-state index contributed by atoms with van der Waals surface area (Å²) in [6.07, 6.45) is 3.84. The molecule has 0 aliphatic carbocycles. The van der Waals surface area contributed by atoms with Crippen molar-refractivity contribution in [1.29, 1.82) is 0 Å². The van der Waals surface area contributed by atoms with Crippen LogP contribution < -0.4 is 0 Å². The standard InChI is InChI=1S/C14H23F2NO2/c1-4-7-8-9-10-11-12(13(15)16)19-14(18)17(5-2)6-3/h10-11H,4-9H2,1-3H3/b11-10+. The smallest absolute Gasteiger partial charge is 0.404 e. The van der Waals surface area contributed by atoms with Crippen molar-refractivity contribution in [3.63, 3.8) is 0 Å². The summed E-state index contributed by atoms with van der Waals surface area (Å²) in [5.41, 5.74) is 0. The van der Waals surface area contributed by atoms with Crippen LogP contribution in [0.3, 0.4) is 0 Å². The number of halogens is 2. The molecule has 0 aromatic rings. The third-order valence-corrected chi connectivity index (χ3v) is 2.65. The minimum Gasteiger partial charge on any atom is -0.404 e. The van der Waals surface area contributed by atoms with Gasteiger partial charge in [0, 0.05) is 13.1 Å². The van der Waals surface area contributed by atoms with Crippen molar-refractivity contribution < 1.29 is 18.3 Å². The number of hydrogen-bond acceptors (Lipinski definition) is 2. The average molecular weight is 275 g/mol. The maximum Gasteiger partial charge on any atom is 0.415 e. The van der Waals surface area contributed by atoms with E-state index in [0.717, 1.165) is 19.3 Å². The van der Waals surface area contributed by atoms with E-state index in [-0.39, 0.29) is 0 Å². The number of nitrogens with zero attached hydrogens (tertiary/aromatic N) is 1. The van der Waals surface area contributed by atoms with Gasteiger partial charge in [-0.1, -0.05) is 25.8 Å². The minimum atomic E-state index is -1.98. The van der Waals surface area contributed by atoms with E-state index in [1.807, 2.05) is 0 Å². The lowest BCUT2D eigenvalue weighted by Crippen LogP contribution is -2.30. The molecule has 0 spiro atoms. The number of ether oxygens (including phenoxy) is 1. The summed E-state index contributed by atoms with van der Waals surface area (Å²) in [5, 5.41) is 0.